The molecule has 7 heteroatoms. The molecule has 0 aromatic heterocycles. The Bertz CT molecular complexity index is 1280. The molecule has 1 aliphatic heterocycles. The molecule has 0 saturated carbocycles. The summed E-state index contributed by atoms with van der Waals surface area (Å²) in [6.45, 7) is 11.7. The normalized spacial score (nSPS) is 18.8. The molecule has 2 unspecified atom stereocenters. The van der Waals surface area contributed by atoms with Gasteiger partial charge in [0.05, 0.1) is 5.69 Å². The van der Waals surface area contributed by atoms with E-state index in [-0.39, 0.29) is 17.4 Å². The minimum absolute atomic E-state index is 0.0879. The Kier molecular flexibility index (Phi) is 8.36. The molecule has 1 N–H and O–H groups in total. The second-order valence-corrected chi connectivity index (χ2v) is 15.5. The van der Waals surface area contributed by atoms with E-state index in [2.05, 4.69) is 72.4 Å². The third-order valence-electron chi connectivity index (χ3n) is 6.91. The lowest BCUT2D eigenvalue weighted by Crippen LogP contribution is -2.41. The molecule has 192 valence electrons. The molecule has 0 bridgehead atoms. The first-order valence-corrected chi connectivity index (χ1v) is 17.3. The van der Waals surface area contributed by atoms with Gasteiger partial charge in [-0.25, -0.2) is 0 Å². The minimum Gasteiger partial charge on any atom is -0.417 e. The smallest absolute Gasteiger partial charge is 0.268 e. The molecule has 1 aliphatic rings. The van der Waals surface area contributed by atoms with Crippen LogP contribution in [-0.4, -0.2) is 32.7 Å². The first-order chi connectivity index (χ1) is 16.9. The van der Waals surface area contributed by atoms with Crippen LogP contribution in [0.2, 0.25) is 13.1 Å². The quantitative estimate of drug-likeness (QED) is 0.154. The molecular weight excluding hydrogens is 645 g/mol. The van der Waals surface area contributed by atoms with Crippen LogP contribution in [-0.2, 0) is 14.8 Å². The van der Waals surface area contributed by atoms with Crippen molar-refractivity contribution in [1.82, 2.24) is 0 Å². The largest absolute Gasteiger partial charge is 0.417 e. The first-order valence-electron chi connectivity index (χ1n) is 12.6. The predicted molar refractivity (Wildman–Crippen MR) is 163 cm³/mol. The number of hydrogen-bond donors (Lipinski definition) is 1. The number of carbonyl (C=O) groups is 1. The third-order valence-corrected chi connectivity index (χ3v) is 9.03. The zero-order chi connectivity index (χ0) is 26.3. The molecule has 0 radical (unpaired) electrons. The molecule has 3 aromatic rings. The molecular formula is C29H35BrINO3Si. The number of rotatable bonds is 8. The van der Waals surface area contributed by atoms with Crippen molar-refractivity contribution in [3.8, 4) is 0 Å². The molecule has 4 nitrogen and oxygen atoms in total. The van der Waals surface area contributed by atoms with E-state index in [1.54, 1.807) is 4.90 Å². The monoisotopic (exact) mass is 679 g/mol. The summed E-state index contributed by atoms with van der Waals surface area (Å²) < 4.78 is 8.10. The highest BCUT2D eigenvalue weighted by molar-refractivity contribution is 14.1. The van der Waals surface area contributed by atoms with Crippen LogP contribution < -0.4 is 4.90 Å². The van der Waals surface area contributed by atoms with Gasteiger partial charge in [0.25, 0.3) is 5.91 Å². The highest BCUT2D eigenvalue weighted by Gasteiger charge is 2.52. The molecule has 0 saturated heterocycles. The molecule has 0 fully saturated rings. The fourth-order valence-electron chi connectivity index (χ4n) is 5.08. The van der Waals surface area contributed by atoms with Crippen LogP contribution >= 0.6 is 38.5 Å². The van der Waals surface area contributed by atoms with Crippen molar-refractivity contribution in [3.05, 3.63) is 73.8 Å². The van der Waals surface area contributed by atoms with Crippen molar-refractivity contribution in [2.45, 2.75) is 64.8 Å². The zero-order valence-electron chi connectivity index (χ0n) is 21.6. The van der Waals surface area contributed by atoms with Crippen molar-refractivity contribution in [2.24, 2.45) is 5.41 Å². The van der Waals surface area contributed by atoms with Gasteiger partial charge < -0.3 is 14.4 Å². The molecule has 1 amide bonds. The van der Waals surface area contributed by atoms with Gasteiger partial charge >= 0.3 is 0 Å². The van der Waals surface area contributed by atoms with Gasteiger partial charge in [-0.2, -0.15) is 0 Å². The number of amides is 1. The van der Waals surface area contributed by atoms with Crippen molar-refractivity contribution in [3.63, 3.8) is 0 Å². The van der Waals surface area contributed by atoms with E-state index in [0.29, 0.717) is 17.7 Å². The van der Waals surface area contributed by atoms with Crippen molar-refractivity contribution < 1.29 is 14.3 Å². The SMILES string of the molecule is C[SiH](C)OC(CCCCN1C(=O)C(O)(c2ccc3ccccc3c2)c2c(Br)cc(I)cc21)C(C)(C)C. The van der Waals surface area contributed by atoms with E-state index in [9.17, 15) is 9.90 Å². The summed E-state index contributed by atoms with van der Waals surface area (Å²) in [6, 6.07) is 17.8. The van der Waals surface area contributed by atoms with E-state index in [4.69, 9.17) is 4.43 Å². The van der Waals surface area contributed by atoms with Gasteiger partial charge in [-0.05, 0) is 94.9 Å². The molecule has 1 heterocycles. The number of hydrogen-bond acceptors (Lipinski definition) is 3. The van der Waals surface area contributed by atoms with Crippen molar-refractivity contribution in [2.75, 3.05) is 11.4 Å². The zero-order valence-corrected chi connectivity index (χ0v) is 26.5. The Morgan fingerprint density at radius 2 is 1.78 bits per heavy atom. The van der Waals surface area contributed by atoms with Gasteiger partial charge in [0.15, 0.2) is 14.6 Å². The van der Waals surface area contributed by atoms with Gasteiger partial charge in [0.1, 0.15) is 0 Å². The number of benzene rings is 3. The highest BCUT2D eigenvalue weighted by atomic mass is 127. The van der Waals surface area contributed by atoms with Crippen LogP contribution in [0, 0.1) is 8.99 Å². The van der Waals surface area contributed by atoms with Crippen LogP contribution in [0.15, 0.2) is 59.1 Å². The second kappa shape index (κ2) is 10.8. The van der Waals surface area contributed by atoms with E-state index in [1.807, 2.05) is 54.6 Å². The molecule has 4 rings (SSSR count). The van der Waals surface area contributed by atoms with Crippen LogP contribution in [0.4, 0.5) is 5.69 Å². The molecule has 3 aromatic carbocycles. The fourth-order valence-corrected chi connectivity index (χ4v) is 8.05. The lowest BCUT2D eigenvalue weighted by atomic mass is 9.86. The van der Waals surface area contributed by atoms with Crippen molar-refractivity contribution >= 4 is 69.9 Å². The summed E-state index contributed by atoms with van der Waals surface area (Å²) in [5, 5.41) is 14.2. The Morgan fingerprint density at radius 1 is 1.08 bits per heavy atom. The average Bonchev–Trinajstić information content (AvgIpc) is 3.02. The number of carbonyl (C=O) groups excluding carboxylic acids is 1. The van der Waals surface area contributed by atoms with E-state index in [1.165, 1.54) is 0 Å². The molecule has 0 spiro atoms. The highest BCUT2D eigenvalue weighted by Crippen LogP contribution is 2.49. The maximum atomic E-state index is 14.0. The van der Waals surface area contributed by atoms with E-state index < -0.39 is 14.6 Å². The number of halogens is 2. The number of aliphatic hydroxyl groups is 1. The maximum Gasteiger partial charge on any atom is 0.268 e. The first kappa shape index (κ1) is 27.8. The van der Waals surface area contributed by atoms with Gasteiger partial charge in [-0.15, -0.1) is 0 Å². The summed E-state index contributed by atoms with van der Waals surface area (Å²) in [4.78, 5) is 15.7. The van der Waals surface area contributed by atoms with E-state index >= 15 is 0 Å². The van der Waals surface area contributed by atoms with Gasteiger partial charge in [-0.3, -0.25) is 4.79 Å². The second-order valence-electron chi connectivity index (χ2n) is 11.0. The van der Waals surface area contributed by atoms with Crippen molar-refractivity contribution in [1.29, 1.82) is 0 Å². The lowest BCUT2D eigenvalue weighted by Gasteiger charge is -2.33. The number of anilines is 1. The summed E-state index contributed by atoms with van der Waals surface area (Å²) in [6.07, 6.45) is 2.99. The molecule has 0 aliphatic carbocycles. The Balaban J connectivity index is 1.62. The van der Waals surface area contributed by atoms with Gasteiger partial charge in [0, 0.05) is 26.3 Å². The average molecular weight is 680 g/mol. The Labute approximate surface area is 238 Å². The molecule has 2 atom stereocenters. The number of unbranched alkanes of at least 4 members (excludes halogenated alkanes) is 1. The van der Waals surface area contributed by atoms with Crippen LogP contribution in [0.3, 0.4) is 0 Å². The summed E-state index contributed by atoms with van der Waals surface area (Å²) >= 11 is 5.93. The van der Waals surface area contributed by atoms with Crippen LogP contribution in [0.25, 0.3) is 10.8 Å². The van der Waals surface area contributed by atoms with Crippen LogP contribution in [0.1, 0.15) is 51.2 Å². The predicted octanol–water partition coefficient (Wildman–Crippen LogP) is 7.37. The minimum atomic E-state index is -1.73. The number of nitrogens with zero attached hydrogens (tertiary/aromatic N) is 1. The maximum absolute atomic E-state index is 14.0. The fraction of sp³-hybridized carbons (Fsp3) is 0.414. The summed E-state index contributed by atoms with van der Waals surface area (Å²) in [5.74, 6) is -0.284. The molecule has 36 heavy (non-hydrogen) atoms. The lowest BCUT2D eigenvalue weighted by molar-refractivity contribution is -0.132. The third kappa shape index (κ3) is 5.46. The Morgan fingerprint density at radius 3 is 2.44 bits per heavy atom. The van der Waals surface area contributed by atoms with Gasteiger partial charge in [0.2, 0.25) is 0 Å². The standard InChI is InChI=1S/C29H35BrINO3Si/c1-28(2,3)25(35-36(4)5)12-8-9-15-32-24-18-22(31)17-23(30)26(24)29(34,27(32)33)21-14-13-19-10-6-7-11-20(19)16-21/h6-7,10-11,13-14,16-18,25,34,36H,8-9,12,15H2,1-5H3. The van der Waals surface area contributed by atoms with Gasteiger partial charge in [-0.1, -0.05) is 73.1 Å². The van der Waals surface area contributed by atoms with E-state index in [0.717, 1.165) is 43.8 Å². The van der Waals surface area contributed by atoms with Crippen LogP contribution in [0.5, 0.6) is 0 Å². The summed E-state index contributed by atoms with van der Waals surface area (Å²) in [5.41, 5.74) is 0.366. The Hall–Kier alpha value is -1.26. The summed E-state index contributed by atoms with van der Waals surface area (Å²) in [7, 11) is -1.14. The topological polar surface area (TPSA) is 49.8 Å². The number of fused-ring (bicyclic) bond motifs is 2.